The number of pyridine rings is 1. The highest BCUT2D eigenvalue weighted by atomic mass is 19.1. The van der Waals surface area contributed by atoms with Crippen LogP contribution < -0.4 is 21.5 Å². The van der Waals surface area contributed by atoms with Gasteiger partial charge in [0, 0.05) is 35.6 Å². The number of nitrogens with one attached hydrogen (secondary N) is 1. The number of likely N-dealkylation sites (N-methyl/N-ethyl adjacent to an activating group) is 1. The summed E-state index contributed by atoms with van der Waals surface area (Å²) >= 11 is 0. The molecule has 142 valence electrons. The van der Waals surface area contributed by atoms with Crippen molar-refractivity contribution in [1.29, 1.82) is 0 Å². The maximum Gasteiger partial charge on any atom is 0.127 e. The summed E-state index contributed by atoms with van der Waals surface area (Å²) in [4.78, 5) is 6.62. The Kier molecular flexibility index (Phi) is 4.87. The molecule has 0 bridgehead atoms. The number of fused-ring (bicyclic) bond motifs is 1. The smallest absolute Gasteiger partial charge is 0.127 e. The van der Waals surface area contributed by atoms with Crippen molar-refractivity contribution in [1.82, 2.24) is 15.2 Å². The zero-order valence-corrected chi connectivity index (χ0v) is 16.0. The van der Waals surface area contributed by atoms with Gasteiger partial charge >= 0.3 is 0 Å². The first-order valence-corrected chi connectivity index (χ1v) is 9.68. The Hall–Kier alpha value is -2.40. The Morgan fingerprint density at radius 1 is 1.33 bits per heavy atom. The highest BCUT2D eigenvalue weighted by molar-refractivity contribution is 5.58. The van der Waals surface area contributed by atoms with E-state index in [1.54, 1.807) is 12.1 Å². The molecule has 1 saturated heterocycles. The van der Waals surface area contributed by atoms with Gasteiger partial charge in [0.1, 0.15) is 11.6 Å². The fraction of sp³-hybridized carbons (Fsp3) is 0.409. The van der Waals surface area contributed by atoms with Crippen molar-refractivity contribution in [2.75, 3.05) is 25.9 Å². The SMILES string of the molecule is Cc1cccc(F)c1C1C=c2cnc(N)cc2=C(NC2CCCN(C)C2)C1. The van der Waals surface area contributed by atoms with Gasteiger partial charge in [-0.15, -0.1) is 0 Å². The number of nitrogen functional groups attached to an aromatic ring is 1. The summed E-state index contributed by atoms with van der Waals surface area (Å²) in [6.45, 7) is 4.14. The van der Waals surface area contributed by atoms with E-state index in [4.69, 9.17) is 5.73 Å². The van der Waals surface area contributed by atoms with Crippen LogP contribution in [0.4, 0.5) is 10.2 Å². The second-order valence-corrected chi connectivity index (χ2v) is 7.87. The molecule has 1 aromatic carbocycles. The molecule has 4 nitrogen and oxygen atoms in total. The molecule has 0 saturated carbocycles. The Balaban J connectivity index is 1.76. The summed E-state index contributed by atoms with van der Waals surface area (Å²) in [5.41, 5.74) is 8.87. The molecule has 27 heavy (non-hydrogen) atoms. The van der Waals surface area contributed by atoms with Crippen molar-refractivity contribution < 1.29 is 4.39 Å². The van der Waals surface area contributed by atoms with E-state index in [9.17, 15) is 4.39 Å². The lowest BCUT2D eigenvalue weighted by Crippen LogP contribution is -2.46. The molecule has 1 fully saturated rings. The molecule has 2 atom stereocenters. The van der Waals surface area contributed by atoms with E-state index in [-0.39, 0.29) is 11.7 Å². The second kappa shape index (κ2) is 7.31. The molecule has 4 rings (SSSR count). The van der Waals surface area contributed by atoms with Crippen LogP contribution in [-0.2, 0) is 0 Å². The van der Waals surface area contributed by atoms with Gasteiger partial charge in [0.05, 0.1) is 0 Å². The van der Waals surface area contributed by atoms with Crippen molar-refractivity contribution in [3.63, 3.8) is 0 Å². The first-order chi connectivity index (χ1) is 13.0. The molecule has 2 heterocycles. The molecular weight excluding hydrogens is 339 g/mol. The first-order valence-electron chi connectivity index (χ1n) is 9.68. The topological polar surface area (TPSA) is 54.2 Å². The zero-order valence-electron chi connectivity index (χ0n) is 16.0. The van der Waals surface area contributed by atoms with E-state index < -0.39 is 0 Å². The van der Waals surface area contributed by atoms with Crippen molar-refractivity contribution in [2.24, 2.45) is 0 Å². The second-order valence-electron chi connectivity index (χ2n) is 7.87. The Labute approximate surface area is 159 Å². The highest BCUT2D eigenvalue weighted by Gasteiger charge is 2.24. The molecular formula is C22H27FN4. The quantitative estimate of drug-likeness (QED) is 0.871. The third-order valence-corrected chi connectivity index (χ3v) is 5.73. The van der Waals surface area contributed by atoms with Crippen LogP contribution in [0, 0.1) is 12.7 Å². The summed E-state index contributed by atoms with van der Waals surface area (Å²) in [5.74, 6) is 0.371. The van der Waals surface area contributed by atoms with E-state index in [1.807, 2.05) is 25.3 Å². The third-order valence-electron chi connectivity index (χ3n) is 5.73. The van der Waals surface area contributed by atoms with Gasteiger partial charge < -0.3 is 16.0 Å². The molecule has 1 aromatic heterocycles. The van der Waals surface area contributed by atoms with Gasteiger partial charge in [0.15, 0.2) is 0 Å². The molecule has 0 spiro atoms. The minimum absolute atomic E-state index is 0.00653. The van der Waals surface area contributed by atoms with Crippen molar-refractivity contribution in [3.05, 3.63) is 57.8 Å². The van der Waals surface area contributed by atoms with Gasteiger partial charge in [-0.1, -0.05) is 18.2 Å². The van der Waals surface area contributed by atoms with Crippen LogP contribution in [0.25, 0.3) is 11.8 Å². The minimum atomic E-state index is -0.139. The van der Waals surface area contributed by atoms with E-state index >= 15 is 0 Å². The minimum Gasteiger partial charge on any atom is -0.384 e. The number of nitrogens with two attached hydrogens (primary N) is 1. The number of hydrogen-bond donors (Lipinski definition) is 2. The lowest BCUT2D eigenvalue weighted by molar-refractivity contribution is 0.238. The van der Waals surface area contributed by atoms with Gasteiger partial charge in [0.2, 0.25) is 0 Å². The largest absolute Gasteiger partial charge is 0.384 e. The Morgan fingerprint density at radius 3 is 2.96 bits per heavy atom. The lowest BCUT2D eigenvalue weighted by Gasteiger charge is -2.33. The fourth-order valence-electron chi connectivity index (χ4n) is 4.45. The number of rotatable bonds is 3. The van der Waals surface area contributed by atoms with Crippen molar-refractivity contribution in [2.45, 2.75) is 38.1 Å². The summed E-state index contributed by atoms with van der Waals surface area (Å²) in [6.07, 6.45) is 7.02. The number of aryl methyl sites for hydroxylation is 1. The summed E-state index contributed by atoms with van der Waals surface area (Å²) in [5, 5.41) is 5.88. The molecule has 2 unspecified atom stereocenters. The summed E-state index contributed by atoms with van der Waals surface area (Å²) < 4.78 is 14.6. The molecule has 1 aliphatic heterocycles. The lowest BCUT2D eigenvalue weighted by atomic mass is 9.86. The van der Waals surface area contributed by atoms with E-state index in [0.29, 0.717) is 11.9 Å². The molecule has 0 radical (unpaired) electrons. The predicted octanol–water partition coefficient (Wildman–Crippen LogP) is 1.87. The van der Waals surface area contributed by atoms with Gasteiger partial charge in [-0.2, -0.15) is 0 Å². The number of aromatic nitrogens is 1. The van der Waals surface area contributed by atoms with Crippen molar-refractivity contribution >= 4 is 17.6 Å². The Bertz CT molecular complexity index is 949. The molecule has 1 aliphatic carbocycles. The standard InChI is InChI=1S/C22H27FN4/c1-14-5-3-7-19(23)22(14)15-9-16-12-25-21(24)11-18(16)20(10-15)26-17-6-4-8-27(2)13-17/h3,5,7,9,11-12,15,17,26H,4,6,8,10,13,24H2,1-2H3. The molecule has 2 aliphatic rings. The van der Waals surface area contributed by atoms with E-state index in [1.165, 1.54) is 6.42 Å². The van der Waals surface area contributed by atoms with E-state index in [0.717, 1.165) is 53.2 Å². The maximum absolute atomic E-state index is 14.6. The van der Waals surface area contributed by atoms with Crippen LogP contribution in [0.5, 0.6) is 0 Å². The van der Waals surface area contributed by atoms with Crippen molar-refractivity contribution in [3.8, 4) is 0 Å². The van der Waals surface area contributed by atoms with Crippen LogP contribution >= 0.6 is 0 Å². The summed E-state index contributed by atoms with van der Waals surface area (Å²) in [6, 6.07) is 7.64. The van der Waals surface area contributed by atoms with Crippen LogP contribution in [0.15, 0.2) is 30.5 Å². The summed E-state index contributed by atoms with van der Waals surface area (Å²) in [7, 11) is 2.16. The fourth-order valence-corrected chi connectivity index (χ4v) is 4.45. The van der Waals surface area contributed by atoms with Crippen LogP contribution in [0.2, 0.25) is 0 Å². The average Bonchev–Trinajstić information content (AvgIpc) is 2.62. The maximum atomic E-state index is 14.6. The first kappa shape index (κ1) is 18.0. The van der Waals surface area contributed by atoms with Crippen LogP contribution in [-0.4, -0.2) is 36.1 Å². The molecule has 3 N–H and O–H groups in total. The number of likely N-dealkylation sites (tertiary alicyclic amines) is 1. The predicted molar refractivity (Wildman–Crippen MR) is 108 cm³/mol. The monoisotopic (exact) mass is 366 g/mol. The zero-order chi connectivity index (χ0) is 19.0. The highest BCUT2D eigenvalue weighted by Crippen LogP contribution is 2.31. The number of nitrogens with zero attached hydrogens (tertiary/aromatic N) is 2. The number of hydrogen-bond acceptors (Lipinski definition) is 4. The third kappa shape index (κ3) is 3.69. The number of piperidine rings is 1. The Morgan fingerprint density at radius 2 is 2.19 bits per heavy atom. The molecule has 2 aromatic rings. The molecule has 0 amide bonds. The van der Waals surface area contributed by atoms with Gasteiger partial charge in [0.25, 0.3) is 0 Å². The molecule has 5 heteroatoms. The van der Waals surface area contributed by atoms with Gasteiger partial charge in [-0.3, -0.25) is 0 Å². The van der Waals surface area contributed by atoms with Crippen LogP contribution in [0.3, 0.4) is 0 Å². The van der Waals surface area contributed by atoms with Gasteiger partial charge in [-0.05, 0) is 68.3 Å². The normalized spacial score (nSPS) is 22.9. The number of benzene rings is 1. The van der Waals surface area contributed by atoms with E-state index in [2.05, 4.69) is 28.3 Å². The number of anilines is 1. The van der Waals surface area contributed by atoms with Crippen LogP contribution in [0.1, 0.15) is 36.3 Å². The average molecular weight is 366 g/mol. The van der Waals surface area contributed by atoms with Gasteiger partial charge in [-0.25, -0.2) is 9.37 Å². The number of halogens is 1.